The van der Waals surface area contributed by atoms with Gasteiger partial charge in [0.25, 0.3) is 5.91 Å². The minimum Gasteiger partial charge on any atom is -0.493 e. The van der Waals surface area contributed by atoms with E-state index < -0.39 is 5.91 Å². The van der Waals surface area contributed by atoms with Crippen LogP contribution in [0.4, 0.5) is 5.95 Å². The Hall–Kier alpha value is -3.17. The van der Waals surface area contributed by atoms with Crippen molar-refractivity contribution in [2.75, 3.05) is 20.0 Å². The van der Waals surface area contributed by atoms with E-state index in [2.05, 4.69) is 26.1 Å². The van der Waals surface area contributed by atoms with Crippen molar-refractivity contribution in [1.29, 1.82) is 0 Å². The summed E-state index contributed by atoms with van der Waals surface area (Å²) in [4.78, 5) is 11.6. The first-order valence-corrected chi connectivity index (χ1v) is 6.19. The van der Waals surface area contributed by atoms with Crippen LogP contribution in [-0.4, -0.2) is 46.5 Å². The summed E-state index contributed by atoms with van der Waals surface area (Å²) in [6, 6.07) is 5.24. The molecular weight excluding hydrogens is 290 g/mol. The maximum Gasteiger partial charge on any atom is 0.261 e. The first-order chi connectivity index (χ1) is 10.6. The molecule has 116 valence electrons. The van der Waals surface area contributed by atoms with Gasteiger partial charge in [-0.2, -0.15) is 5.10 Å². The molecule has 0 aliphatic heterocycles. The molecule has 1 aromatic heterocycles. The van der Waals surface area contributed by atoms with Gasteiger partial charge in [0, 0.05) is 0 Å². The van der Waals surface area contributed by atoms with Gasteiger partial charge in [-0.15, -0.1) is 0 Å². The molecule has 0 radical (unpaired) electrons. The number of hydrogen-bond donors (Lipinski definition) is 2. The molecule has 0 fully saturated rings. The zero-order valence-corrected chi connectivity index (χ0v) is 12.1. The van der Waals surface area contributed by atoms with Crippen molar-refractivity contribution in [3.05, 3.63) is 23.8 Å². The number of carbonyl (C=O) groups excluding carboxylic acids is 1. The fourth-order valence-corrected chi connectivity index (χ4v) is 1.61. The summed E-state index contributed by atoms with van der Waals surface area (Å²) >= 11 is 0. The summed E-state index contributed by atoms with van der Waals surface area (Å²) in [5.74, 6) is 0.826. The lowest BCUT2D eigenvalue weighted by molar-refractivity contribution is -0.121. The number of nitrogens with zero attached hydrogens (tertiary/aromatic N) is 5. The van der Waals surface area contributed by atoms with E-state index in [4.69, 9.17) is 15.2 Å². The van der Waals surface area contributed by atoms with E-state index in [-0.39, 0.29) is 12.5 Å². The van der Waals surface area contributed by atoms with Crippen molar-refractivity contribution < 1.29 is 14.3 Å². The maximum absolute atomic E-state index is 11.6. The van der Waals surface area contributed by atoms with Crippen LogP contribution in [-0.2, 0) is 11.3 Å². The molecule has 0 bridgehead atoms. The SMILES string of the molecule is COc1ccc(C=NNC(=O)Cn2nnnc2N)cc1OC. The van der Waals surface area contributed by atoms with Crippen LogP contribution in [0.3, 0.4) is 0 Å². The molecular formula is C12H15N7O3. The Labute approximate surface area is 125 Å². The van der Waals surface area contributed by atoms with Crippen molar-refractivity contribution in [3.63, 3.8) is 0 Å². The number of methoxy groups -OCH3 is 2. The van der Waals surface area contributed by atoms with Crippen LogP contribution < -0.4 is 20.6 Å². The number of aromatic nitrogens is 4. The first kappa shape index (κ1) is 15.2. The number of amides is 1. The van der Waals surface area contributed by atoms with E-state index in [9.17, 15) is 4.79 Å². The first-order valence-electron chi connectivity index (χ1n) is 6.19. The molecule has 2 rings (SSSR count). The molecule has 10 heteroatoms. The van der Waals surface area contributed by atoms with Gasteiger partial charge in [0.2, 0.25) is 5.95 Å². The number of hydrazone groups is 1. The molecule has 1 heterocycles. The molecule has 0 spiro atoms. The summed E-state index contributed by atoms with van der Waals surface area (Å²) in [6.45, 7) is -0.123. The van der Waals surface area contributed by atoms with E-state index >= 15 is 0 Å². The van der Waals surface area contributed by atoms with Crippen LogP contribution in [0.15, 0.2) is 23.3 Å². The molecule has 0 aliphatic carbocycles. The third-order valence-corrected chi connectivity index (χ3v) is 2.66. The highest BCUT2D eigenvalue weighted by Crippen LogP contribution is 2.26. The molecule has 22 heavy (non-hydrogen) atoms. The number of nitrogens with one attached hydrogen (secondary N) is 1. The molecule has 1 aromatic carbocycles. The summed E-state index contributed by atoms with van der Waals surface area (Å²) in [7, 11) is 3.09. The van der Waals surface area contributed by atoms with Gasteiger partial charge in [0.15, 0.2) is 11.5 Å². The van der Waals surface area contributed by atoms with E-state index in [0.717, 1.165) is 10.2 Å². The molecule has 0 saturated heterocycles. The predicted octanol–water partition coefficient (Wildman–Crippen LogP) is -0.577. The minimum atomic E-state index is -0.407. The summed E-state index contributed by atoms with van der Waals surface area (Å²) in [5.41, 5.74) is 8.54. The number of anilines is 1. The van der Waals surface area contributed by atoms with Gasteiger partial charge >= 0.3 is 0 Å². The zero-order valence-electron chi connectivity index (χ0n) is 12.1. The number of ether oxygens (including phenoxy) is 2. The van der Waals surface area contributed by atoms with Gasteiger partial charge < -0.3 is 15.2 Å². The minimum absolute atomic E-state index is 0.0546. The Morgan fingerprint density at radius 1 is 1.41 bits per heavy atom. The third-order valence-electron chi connectivity index (χ3n) is 2.66. The zero-order chi connectivity index (χ0) is 15.9. The summed E-state index contributed by atoms with van der Waals surface area (Å²) in [6.07, 6.45) is 1.48. The van der Waals surface area contributed by atoms with Crippen LogP contribution in [0.2, 0.25) is 0 Å². The van der Waals surface area contributed by atoms with Crippen molar-refractivity contribution in [2.45, 2.75) is 6.54 Å². The topological polar surface area (TPSA) is 130 Å². The maximum atomic E-state index is 11.6. The second kappa shape index (κ2) is 7.02. The molecule has 3 N–H and O–H groups in total. The number of nitrogen functional groups attached to an aromatic ring is 1. The van der Waals surface area contributed by atoms with Crippen LogP contribution in [0.5, 0.6) is 11.5 Å². The van der Waals surface area contributed by atoms with Crippen LogP contribution >= 0.6 is 0 Å². The van der Waals surface area contributed by atoms with Crippen molar-refractivity contribution in [3.8, 4) is 11.5 Å². The van der Waals surface area contributed by atoms with Gasteiger partial charge in [-0.3, -0.25) is 4.79 Å². The standard InChI is InChI=1S/C12H15N7O3/c1-21-9-4-3-8(5-10(9)22-2)6-14-15-11(20)7-19-12(13)16-17-18-19/h3-6H,7H2,1-2H3,(H,15,20)(H2,13,16,18). The number of benzene rings is 1. The molecule has 1 amide bonds. The molecule has 2 aromatic rings. The normalized spacial score (nSPS) is 10.6. The lowest BCUT2D eigenvalue weighted by Crippen LogP contribution is -2.24. The lowest BCUT2D eigenvalue weighted by Gasteiger charge is -2.07. The Morgan fingerprint density at radius 3 is 2.82 bits per heavy atom. The van der Waals surface area contributed by atoms with E-state index in [0.29, 0.717) is 11.5 Å². The van der Waals surface area contributed by atoms with E-state index in [1.807, 2.05) is 0 Å². The fraction of sp³-hybridized carbons (Fsp3) is 0.250. The van der Waals surface area contributed by atoms with Gasteiger partial charge in [0.05, 0.1) is 20.4 Å². The van der Waals surface area contributed by atoms with Crippen LogP contribution in [0.25, 0.3) is 0 Å². The number of tetrazole rings is 1. The summed E-state index contributed by atoms with van der Waals surface area (Å²) < 4.78 is 11.5. The molecule has 0 atom stereocenters. The smallest absolute Gasteiger partial charge is 0.261 e. The van der Waals surface area contributed by atoms with Gasteiger partial charge in [-0.1, -0.05) is 5.10 Å². The highest BCUT2D eigenvalue weighted by Gasteiger charge is 2.07. The van der Waals surface area contributed by atoms with E-state index in [1.165, 1.54) is 13.3 Å². The summed E-state index contributed by atoms with van der Waals surface area (Å²) in [5, 5.41) is 14.2. The van der Waals surface area contributed by atoms with Crippen molar-refractivity contribution >= 4 is 18.1 Å². The Balaban J connectivity index is 1.94. The average molecular weight is 305 g/mol. The molecule has 10 nitrogen and oxygen atoms in total. The molecule has 0 saturated carbocycles. The lowest BCUT2D eigenvalue weighted by atomic mass is 10.2. The Bertz CT molecular complexity index is 683. The molecule has 0 aliphatic rings. The Morgan fingerprint density at radius 2 is 2.18 bits per heavy atom. The molecule has 0 unspecified atom stereocenters. The number of carbonyl (C=O) groups is 1. The van der Waals surface area contributed by atoms with E-state index in [1.54, 1.807) is 25.3 Å². The third kappa shape index (κ3) is 3.69. The largest absolute Gasteiger partial charge is 0.493 e. The number of rotatable bonds is 6. The highest BCUT2D eigenvalue weighted by atomic mass is 16.5. The monoisotopic (exact) mass is 305 g/mol. The van der Waals surface area contributed by atoms with Gasteiger partial charge in [-0.25, -0.2) is 10.1 Å². The van der Waals surface area contributed by atoms with Crippen LogP contribution in [0, 0.1) is 0 Å². The number of hydrogen-bond acceptors (Lipinski definition) is 8. The van der Waals surface area contributed by atoms with Crippen LogP contribution in [0.1, 0.15) is 5.56 Å². The van der Waals surface area contributed by atoms with Gasteiger partial charge in [-0.05, 0) is 34.2 Å². The average Bonchev–Trinajstić information content (AvgIpc) is 2.92. The van der Waals surface area contributed by atoms with Crippen molar-refractivity contribution in [2.24, 2.45) is 5.10 Å². The highest BCUT2D eigenvalue weighted by molar-refractivity contribution is 5.83. The van der Waals surface area contributed by atoms with Gasteiger partial charge in [0.1, 0.15) is 6.54 Å². The second-order valence-corrected chi connectivity index (χ2v) is 4.10. The second-order valence-electron chi connectivity index (χ2n) is 4.10. The Kier molecular flexibility index (Phi) is 4.85. The number of nitrogens with two attached hydrogens (primary N) is 1. The quantitative estimate of drug-likeness (QED) is 0.539. The predicted molar refractivity (Wildman–Crippen MR) is 77.5 cm³/mol. The fourth-order valence-electron chi connectivity index (χ4n) is 1.61. The van der Waals surface area contributed by atoms with Crippen molar-refractivity contribution in [1.82, 2.24) is 25.6 Å².